The first-order valence-corrected chi connectivity index (χ1v) is 7.50. The Balaban J connectivity index is 2.73. The second-order valence-corrected chi connectivity index (χ2v) is 5.28. The lowest BCUT2D eigenvalue weighted by atomic mass is 10.0. The molecule has 1 aromatic carbocycles. The second kappa shape index (κ2) is 8.99. The van der Waals surface area contributed by atoms with Crippen LogP contribution in [0.25, 0.3) is 0 Å². The number of esters is 1. The van der Waals surface area contributed by atoms with Crippen LogP contribution in [0, 0.1) is 0 Å². The molecule has 3 amide bonds. The number of nitrogens with one attached hydrogen (secondary N) is 2. The van der Waals surface area contributed by atoms with Gasteiger partial charge < -0.3 is 21.1 Å². The molecule has 126 valence electrons. The molecule has 1 aromatic rings. The van der Waals surface area contributed by atoms with Gasteiger partial charge in [0.25, 0.3) is 5.91 Å². The fourth-order valence-electron chi connectivity index (χ4n) is 1.90. The molecular weight excluding hydrogens is 322 g/mol. The van der Waals surface area contributed by atoms with Gasteiger partial charge in [0.15, 0.2) is 6.10 Å². The minimum Gasteiger partial charge on any atom is -0.452 e. The Morgan fingerprint density at radius 2 is 1.87 bits per heavy atom. The Morgan fingerprint density at radius 3 is 2.39 bits per heavy atom. The zero-order valence-corrected chi connectivity index (χ0v) is 13.7. The Morgan fingerprint density at radius 1 is 1.26 bits per heavy atom. The lowest BCUT2D eigenvalue weighted by Gasteiger charge is -2.19. The van der Waals surface area contributed by atoms with Gasteiger partial charge >= 0.3 is 12.0 Å². The van der Waals surface area contributed by atoms with Crippen molar-refractivity contribution >= 4 is 29.5 Å². The molecule has 0 aliphatic carbocycles. The molecule has 0 heterocycles. The largest absolute Gasteiger partial charge is 0.452 e. The first-order chi connectivity index (χ1) is 10.8. The number of primary amides is 1. The summed E-state index contributed by atoms with van der Waals surface area (Å²) in [6.45, 7) is 3.68. The van der Waals surface area contributed by atoms with Crippen LogP contribution in [0.2, 0.25) is 5.02 Å². The van der Waals surface area contributed by atoms with Gasteiger partial charge in [-0.25, -0.2) is 4.79 Å². The molecule has 0 fully saturated rings. The molecule has 0 bridgehead atoms. The number of amides is 3. The molecule has 0 saturated heterocycles. The molecule has 0 saturated carbocycles. The van der Waals surface area contributed by atoms with Gasteiger partial charge in [-0.1, -0.05) is 23.7 Å². The van der Waals surface area contributed by atoms with Crippen LogP contribution in [0.4, 0.5) is 4.79 Å². The summed E-state index contributed by atoms with van der Waals surface area (Å²) in [7, 11) is 0. The average molecular weight is 342 g/mol. The number of likely N-dealkylation sites (N-methyl/N-ethyl adjacent to an activating group) is 1. The number of carbonyl (C=O) groups excluding carboxylic acids is 3. The minimum atomic E-state index is -0.915. The summed E-state index contributed by atoms with van der Waals surface area (Å²) in [5, 5.41) is 5.55. The first-order valence-electron chi connectivity index (χ1n) is 7.12. The lowest BCUT2D eigenvalue weighted by molar-refractivity contribution is -0.155. The molecular formula is C15H20ClN3O4. The fourth-order valence-corrected chi connectivity index (χ4v) is 2.03. The van der Waals surface area contributed by atoms with Gasteiger partial charge in [-0.2, -0.15) is 0 Å². The number of nitrogens with two attached hydrogens (primary N) is 1. The van der Waals surface area contributed by atoms with Gasteiger partial charge in [0.2, 0.25) is 0 Å². The van der Waals surface area contributed by atoms with Gasteiger partial charge in [-0.05, 0) is 31.5 Å². The zero-order valence-electron chi connectivity index (χ0n) is 13.0. The number of hydrogen-bond donors (Lipinski definition) is 3. The zero-order chi connectivity index (χ0) is 17.4. The minimum absolute atomic E-state index is 0.158. The summed E-state index contributed by atoms with van der Waals surface area (Å²) in [6.07, 6.45) is -1.07. The Hall–Kier alpha value is -2.28. The average Bonchev–Trinajstić information content (AvgIpc) is 2.47. The van der Waals surface area contributed by atoms with Crippen LogP contribution >= 0.6 is 11.6 Å². The van der Waals surface area contributed by atoms with Crippen molar-refractivity contribution in [3.63, 3.8) is 0 Å². The summed E-state index contributed by atoms with van der Waals surface area (Å²) in [5.74, 6) is -1.01. The number of hydrogen-bond acceptors (Lipinski definition) is 4. The van der Waals surface area contributed by atoms with Gasteiger partial charge in [0.05, 0.1) is 12.5 Å². The highest BCUT2D eigenvalue weighted by Gasteiger charge is 2.22. The van der Waals surface area contributed by atoms with E-state index in [1.165, 1.54) is 6.92 Å². The van der Waals surface area contributed by atoms with Crippen molar-refractivity contribution in [2.24, 2.45) is 5.73 Å². The molecule has 4 N–H and O–H groups in total. The molecule has 0 aromatic heterocycles. The van der Waals surface area contributed by atoms with Crippen LogP contribution in [0.3, 0.4) is 0 Å². The van der Waals surface area contributed by atoms with Crippen molar-refractivity contribution in [1.82, 2.24) is 10.6 Å². The van der Waals surface area contributed by atoms with Crippen molar-refractivity contribution in [3.05, 3.63) is 34.9 Å². The van der Waals surface area contributed by atoms with Crippen LogP contribution < -0.4 is 16.4 Å². The van der Waals surface area contributed by atoms with E-state index in [0.717, 1.165) is 0 Å². The highest BCUT2D eigenvalue weighted by atomic mass is 35.5. The van der Waals surface area contributed by atoms with Crippen molar-refractivity contribution < 1.29 is 19.1 Å². The molecule has 7 nitrogen and oxygen atoms in total. The first kappa shape index (κ1) is 18.8. The van der Waals surface area contributed by atoms with E-state index in [4.69, 9.17) is 22.1 Å². The van der Waals surface area contributed by atoms with Crippen molar-refractivity contribution in [3.8, 4) is 0 Å². The molecule has 0 aliphatic heterocycles. The molecule has 8 heteroatoms. The molecule has 2 atom stereocenters. The quantitative estimate of drug-likeness (QED) is 0.653. The highest BCUT2D eigenvalue weighted by molar-refractivity contribution is 6.30. The van der Waals surface area contributed by atoms with E-state index < -0.39 is 24.1 Å². The molecule has 0 radical (unpaired) electrons. The maximum absolute atomic E-state index is 12.0. The van der Waals surface area contributed by atoms with Crippen LogP contribution in [-0.2, 0) is 14.3 Å². The van der Waals surface area contributed by atoms with E-state index in [0.29, 0.717) is 17.1 Å². The van der Waals surface area contributed by atoms with E-state index in [-0.39, 0.29) is 12.3 Å². The van der Waals surface area contributed by atoms with Gasteiger partial charge in [-0.15, -0.1) is 0 Å². The summed E-state index contributed by atoms with van der Waals surface area (Å²) in [4.78, 5) is 34.6. The third kappa shape index (κ3) is 6.56. The van der Waals surface area contributed by atoms with Gasteiger partial charge in [0, 0.05) is 11.6 Å². The van der Waals surface area contributed by atoms with Crippen LogP contribution in [0.5, 0.6) is 0 Å². The maximum Gasteiger partial charge on any atom is 0.312 e. The normalized spacial score (nSPS) is 12.8. The number of carbonyl (C=O) groups is 3. The van der Waals surface area contributed by atoms with Crippen molar-refractivity contribution in [2.45, 2.75) is 32.4 Å². The van der Waals surface area contributed by atoms with Crippen molar-refractivity contribution in [1.29, 1.82) is 0 Å². The molecule has 0 unspecified atom stereocenters. The van der Waals surface area contributed by atoms with E-state index in [1.807, 2.05) is 0 Å². The summed E-state index contributed by atoms with van der Waals surface area (Å²) in [6, 6.07) is 5.17. The Kier molecular flexibility index (Phi) is 7.34. The van der Waals surface area contributed by atoms with E-state index in [9.17, 15) is 14.4 Å². The Bertz CT molecular complexity index is 562. The van der Waals surface area contributed by atoms with Gasteiger partial charge in [0.1, 0.15) is 0 Å². The lowest BCUT2D eigenvalue weighted by Crippen LogP contribution is -2.38. The highest BCUT2D eigenvalue weighted by Crippen LogP contribution is 2.20. The van der Waals surface area contributed by atoms with E-state index in [1.54, 1.807) is 31.2 Å². The monoisotopic (exact) mass is 341 g/mol. The third-order valence-electron chi connectivity index (χ3n) is 2.99. The number of urea groups is 1. The van der Waals surface area contributed by atoms with Crippen LogP contribution in [-0.4, -0.2) is 30.6 Å². The summed E-state index contributed by atoms with van der Waals surface area (Å²) >= 11 is 5.81. The van der Waals surface area contributed by atoms with Crippen LogP contribution in [0.1, 0.15) is 31.9 Å². The molecule has 0 aliphatic rings. The Labute approximate surface area is 139 Å². The SMILES string of the molecule is CCNC(=O)[C@H](C)OC(=O)C[C@H](NC(N)=O)c1ccc(Cl)cc1. The van der Waals surface area contributed by atoms with Crippen molar-refractivity contribution in [2.75, 3.05) is 6.54 Å². The van der Waals surface area contributed by atoms with E-state index in [2.05, 4.69) is 10.6 Å². The topological polar surface area (TPSA) is 111 Å². The number of rotatable bonds is 7. The standard InChI is InChI=1S/C15H20ClN3O4/c1-3-18-14(21)9(2)23-13(20)8-12(19-15(17)22)10-4-6-11(16)7-5-10/h4-7,9,12H,3,8H2,1-2H3,(H,18,21)(H3,17,19,22)/t9-,12-/m0/s1. The number of halogens is 1. The second-order valence-electron chi connectivity index (χ2n) is 4.84. The third-order valence-corrected chi connectivity index (χ3v) is 3.24. The maximum atomic E-state index is 12.0. The molecule has 23 heavy (non-hydrogen) atoms. The predicted octanol–water partition coefficient (Wildman–Crippen LogP) is 1.51. The predicted molar refractivity (Wildman–Crippen MR) is 85.8 cm³/mol. The summed E-state index contributed by atoms with van der Waals surface area (Å²) in [5.41, 5.74) is 5.78. The fraction of sp³-hybridized carbons (Fsp3) is 0.400. The number of benzene rings is 1. The van der Waals surface area contributed by atoms with Gasteiger partial charge in [-0.3, -0.25) is 9.59 Å². The smallest absolute Gasteiger partial charge is 0.312 e. The molecule has 0 spiro atoms. The number of ether oxygens (including phenoxy) is 1. The molecule has 1 rings (SSSR count). The van der Waals surface area contributed by atoms with E-state index >= 15 is 0 Å². The van der Waals surface area contributed by atoms with Crippen LogP contribution in [0.15, 0.2) is 24.3 Å². The summed E-state index contributed by atoms with van der Waals surface area (Å²) < 4.78 is 5.05.